The molecular formula is C29H25N3O6S. The summed E-state index contributed by atoms with van der Waals surface area (Å²) in [5.41, 5.74) is 1.79. The molecule has 1 N–H and O–H groups in total. The largest absolute Gasteiger partial charge is 0.465 e. The molecule has 4 aromatic rings. The molecule has 0 unspecified atom stereocenters. The standard InChI is InChI=1S/C29H25N3O6S/c1-18-7-6-8-19(15-18)31-26(33)23(17-30)28-32(13-14-36-2)27(34)25(39-28)16-20-11-12-24(38-20)21-9-4-5-10-22(21)29(35)37-3/h4-12,15-16H,13-14H2,1-3H3,(H,31,33)/b25-16-,28-23+. The lowest BCUT2D eigenvalue weighted by atomic mass is 10.1. The van der Waals surface area contributed by atoms with Crippen molar-refractivity contribution in [1.29, 1.82) is 5.26 Å². The molecule has 2 aromatic heterocycles. The van der Waals surface area contributed by atoms with Gasteiger partial charge in [0.2, 0.25) is 0 Å². The van der Waals surface area contributed by atoms with Crippen molar-refractivity contribution in [3.05, 3.63) is 97.1 Å². The number of amides is 1. The summed E-state index contributed by atoms with van der Waals surface area (Å²) in [6, 6.07) is 19.4. The quantitative estimate of drug-likeness (QED) is 0.339. The number of carbonyl (C=O) groups is 2. The van der Waals surface area contributed by atoms with E-state index >= 15 is 0 Å². The number of rotatable bonds is 8. The van der Waals surface area contributed by atoms with Gasteiger partial charge in [-0.25, -0.2) is 4.79 Å². The summed E-state index contributed by atoms with van der Waals surface area (Å²) in [4.78, 5) is 38.6. The number of aryl methyl sites for hydroxylation is 1. The zero-order valence-corrected chi connectivity index (χ0v) is 22.3. The van der Waals surface area contributed by atoms with E-state index in [0.717, 1.165) is 16.9 Å². The smallest absolute Gasteiger partial charge is 0.338 e. The lowest BCUT2D eigenvalue weighted by Gasteiger charge is -2.06. The van der Waals surface area contributed by atoms with Crippen LogP contribution in [0.3, 0.4) is 0 Å². The van der Waals surface area contributed by atoms with E-state index in [4.69, 9.17) is 13.9 Å². The number of furan rings is 1. The number of nitrogens with one attached hydrogen (secondary N) is 1. The number of hydrogen-bond donors (Lipinski definition) is 1. The van der Waals surface area contributed by atoms with Gasteiger partial charge in [0, 0.05) is 24.4 Å². The molecule has 0 saturated carbocycles. The average molecular weight is 544 g/mol. The van der Waals surface area contributed by atoms with Gasteiger partial charge in [-0.05, 0) is 42.8 Å². The van der Waals surface area contributed by atoms with Crippen LogP contribution in [0.1, 0.15) is 21.7 Å². The first-order valence-electron chi connectivity index (χ1n) is 11.9. The number of carbonyl (C=O) groups excluding carboxylic acids is 2. The Balaban J connectivity index is 1.80. The molecule has 9 nitrogen and oxygen atoms in total. The van der Waals surface area contributed by atoms with Crippen LogP contribution in [0.5, 0.6) is 0 Å². The normalized spacial score (nSPS) is 12.1. The summed E-state index contributed by atoms with van der Waals surface area (Å²) in [6.07, 6.45) is 1.54. The highest BCUT2D eigenvalue weighted by molar-refractivity contribution is 7.07. The van der Waals surface area contributed by atoms with Gasteiger partial charge in [-0.2, -0.15) is 5.26 Å². The van der Waals surface area contributed by atoms with Crippen molar-refractivity contribution >= 4 is 40.5 Å². The number of anilines is 1. The van der Waals surface area contributed by atoms with Crippen LogP contribution in [0, 0.1) is 18.3 Å². The fourth-order valence-electron chi connectivity index (χ4n) is 3.89. The van der Waals surface area contributed by atoms with Crippen LogP contribution in [0.2, 0.25) is 0 Å². The van der Waals surface area contributed by atoms with Crippen LogP contribution >= 0.6 is 11.3 Å². The van der Waals surface area contributed by atoms with Gasteiger partial charge in [-0.3, -0.25) is 14.2 Å². The highest BCUT2D eigenvalue weighted by Gasteiger charge is 2.18. The first-order valence-corrected chi connectivity index (χ1v) is 12.7. The molecule has 39 heavy (non-hydrogen) atoms. The maximum absolute atomic E-state index is 13.3. The van der Waals surface area contributed by atoms with Crippen LogP contribution in [-0.4, -0.2) is 37.3 Å². The lowest BCUT2D eigenvalue weighted by molar-refractivity contribution is -0.111. The average Bonchev–Trinajstić information content (AvgIpc) is 3.52. The lowest BCUT2D eigenvalue weighted by Crippen LogP contribution is -2.34. The first-order chi connectivity index (χ1) is 18.9. The molecule has 0 aliphatic rings. The highest BCUT2D eigenvalue weighted by atomic mass is 32.1. The molecular weight excluding hydrogens is 518 g/mol. The number of nitrogens with zero attached hydrogens (tertiary/aromatic N) is 2. The molecule has 4 rings (SSSR count). The Morgan fingerprint density at radius 2 is 1.92 bits per heavy atom. The van der Waals surface area contributed by atoms with Gasteiger partial charge < -0.3 is 19.2 Å². The molecule has 0 bridgehead atoms. The third kappa shape index (κ3) is 6.06. The second kappa shape index (κ2) is 12.2. The van der Waals surface area contributed by atoms with E-state index in [1.807, 2.05) is 19.1 Å². The van der Waals surface area contributed by atoms with Gasteiger partial charge in [0.1, 0.15) is 22.3 Å². The Morgan fingerprint density at radius 3 is 2.64 bits per heavy atom. The second-order valence-electron chi connectivity index (χ2n) is 8.41. The van der Waals surface area contributed by atoms with Gasteiger partial charge in [-0.1, -0.05) is 30.3 Å². The third-order valence-electron chi connectivity index (χ3n) is 5.75. The van der Waals surface area contributed by atoms with Crippen molar-refractivity contribution in [2.24, 2.45) is 0 Å². The minimum atomic E-state index is -0.623. The van der Waals surface area contributed by atoms with Crippen molar-refractivity contribution in [3.63, 3.8) is 0 Å². The molecule has 0 aliphatic carbocycles. The van der Waals surface area contributed by atoms with Gasteiger partial charge >= 0.3 is 5.97 Å². The Bertz CT molecular complexity index is 1760. The van der Waals surface area contributed by atoms with E-state index in [1.54, 1.807) is 54.6 Å². The van der Waals surface area contributed by atoms with Gasteiger partial charge in [0.05, 0.1) is 30.4 Å². The fourth-order valence-corrected chi connectivity index (χ4v) is 5.00. The van der Waals surface area contributed by atoms with Crippen LogP contribution in [0.15, 0.2) is 69.9 Å². The highest BCUT2D eigenvalue weighted by Crippen LogP contribution is 2.26. The van der Waals surface area contributed by atoms with E-state index in [2.05, 4.69) is 5.32 Å². The summed E-state index contributed by atoms with van der Waals surface area (Å²) in [7, 11) is 2.80. The Morgan fingerprint density at radius 1 is 1.13 bits per heavy atom. The van der Waals surface area contributed by atoms with Crippen LogP contribution in [0.25, 0.3) is 23.0 Å². The van der Waals surface area contributed by atoms with Crippen molar-refractivity contribution in [2.75, 3.05) is 26.1 Å². The molecule has 0 saturated heterocycles. The van der Waals surface area contributed by atoms with Crippen LogP contribution in [-0.2, 0) is 20.8 Å². The number of methoxy groups -OCH3 is 2. The molecule has 2 heterocycles. The number of esters is 1. The number of thiazole rings is 1. The molecule has 1 amide bonds. The third-order valence-corrected chi connectivity index (χ3v) is 6.88. The summed E-state index contributed by atoms with van der Waals surface area (Å²) in [5, 5.41) is 12.6. The fraction of sp³-hybridized carbons (Fsp3) is 0.172. The maximum atomic E-state index is 13.3. The Labute approximate surface area is 227 Å². The predicted molar refractivity (Wildman–Crippen MR) is 148 cm³/mol. The zero-order chi connectivity index (χ0) is 27.9. The van der Waals surface area contributed by atoms with E-state index in [1.165, 1.54) is 24.9 Å². The summed E-state index contributed by atoms with van der Waals surface area (Å²) in [6.45, 7) is 2.24. The van der Waals surface area contributed by atoms with E-state index < -0.39 is 17.4 Å². The Kier molecular flexibility index (Phi) is 8.56. The second-order valence-corrected chi connectivity index (χ2v) is 9.45. The number of benzene rings is 2. The zero-order valence-electron chi connectivity index (χ0n) is 21.5. The van der Waals surface area contributed by atoms with Crippen molar-refractivity contribution in [3.8, 4) is 17.4 Å². The summed E-state index contributed by atoms with van der Waals surface area (Å²) >= 11 is 1.01. The molecule has 2 aromatic carbocycles. The van der Waals surface area contributed by atoms with E-state index in [0.29, 0.717) is 28.3 Å². The number of ether oxygens (including phenoxy) is 2. The molecule has 10 heteroatoms. The number of aromatic nitrogens is 1. The maximum Gasteiger partial charge on any atom is 0.338 e. The minimum Gasteiger partial charge on any atom is -0.465 e. The van der Waals surface area contributed by atoms with E-state index in [-0.39, 0.29) is 27.9 Å². The summed E-state index contributed by atoms with van der Waals surface area (Å²) in [5.74, 6) is -0.349. The topological polar surface area (TPSA) is 124 Å². The predicted octanol–water partition coefficient (Wildman–Crippen LogP) is 3.05. The minimum absolute atomic E-state index is 0.147. The first kappa shape index (κ1) is 27.3. The van der Waals surface area contributed by atoms with Crippen molar-refractivity contribution < 1.29 is 23.5 Å². The van der Waals surface area contributed by atoms with Crippen molar-refractivity contribution in [1.82, 2.24) is 4.57 Å². The molecule has 0 aliphatic heterocycles. The SMILES string of the molecule is COCCn1c(=O)/c(=C/c2ccc(-c3ccccc3C(=O)OC)o2)s/c1=C(\C#N)C(=O)Nc1cccc(C)c1. The van der Waals surface area contributed by atoms with Crippen molar-refractivity contribution in [2.45, 2.75) is 13.5 Å². The number of hydrogen-bond acceptors (Lipinski definition) is 8. The summed E-state index contributed by atoms with van der Waals surface area (Å²) < 4.78 is 17.8. The Hall–Kier alpha value is -4.72. The van der Waals surface area contributed by atoms with Gasteiger partial charge in [0.25, 0.3) is 11.5 Å². The number of nitriles is 1. The van der Waals surface area contributed by atoms with E-state index in [9.17, 15) is 19.6 Å². The van der Waals surface area contributed by atoms with Gasteiger partial charge in [-0.15, -0.1) is 11.3 Å². The monoisotopic (exact) mass is 543 g/mol. The van der Waals surface area contributed by atoms with Crippen LogP contribution < -0.4 is 20.1 Å². The van der Waals surface area contributed by atoms with Gasteiger partial charge in [0.15, 0.2) is 5.57 Å². The molecule has 0 atom stereocenters. The molecule has 0 radical (unpaired) electrons. The molecule has 0 fully saturated rings. The molecule has 0 spiro atoms. The van der Waals surface area contributed by atoms with Crippen LogP contribution in [0.4, 0.5) is 5.69 Å². The molecule has 198 valence electrons.